The Morgan fingerprint density at radius 1 is 0.964 bits per heavy atom. The molecule has 1 aromatic heterocycles. The standard InChI is InChI=1S/C23H19ClFNOS/c24-22-12-18(25)9-7-17(22)15-27-23-10-8-16-4-1-2-6-20(16)21(23)14-26-13-19-5-3-11-28-19/h1-12,26H,13-15H2. The second kappa shape index (κ2) is 8.74. The van der Waals surface area contributed by atoms with Crippen molar-refractivity contribution in [2.45, 2.75) is 19.7 Å². The van der Waals surface area contributed by atoms with Crippen molar-refractivity contribution in [3.8, 4) is 5.75 Å². The highest BCUT2D eigenvalue weighted by molar-refractivity contribution is 7.09. The van der Waals surface area contributed by atoms with Crippen LogP contribution >= 0.6 is 22.9 Å². The van der Waals surface area contributed by atoms with E-state index in [9.17, 15) is 4.39 Å². The molecule has 0 saturated heterocycles. The Hall–Kier alpha value is -2.40. The lowest BCUT2D eigenvalue weighted by atomic mass is 10.0. The van der Waals surface area contributed by atoms with Crippen molar-refractivity contribution >= 4 is 33.7 Å². The number of ether oxygens (including phenoxy) is 1. The van der Waals surface area contributed by atoms with Crippen LogP contribution in [0.5, 0.6) is 5.75 Å². The van der Waals surface area contributed by atoms with Gasteiger partial charge in [-0.05, 0) is 40.4 Å². The third-order valence-corrected chi connectivity index (χ3v) is 5.81. The van der Waals surface area contributed by atoms with Crippen LogP contribution in [0.3, 0.4) is 0 Å². The van der Waals surface area contributed by atoms with Crippen molar-refractivity contribution in [2.24, 2.45) is 0 Å². The highest BCUT2D eigenvalue weighted by Crippen LogP contribution is 2.29. The molecule has 0 fully saturated rings. The molecule has 0 spiro atoms. The van der Waals surface area contributed by atoms with E-state index in [4.69, 9.17) is 16.3 Å². The average molecular weight is 412 g/mol. The Morgan fingerprint density at radius 3 is 2.68 bits per heavy atom. The number of benzene rings is 3. The monoisotopic (exact) mass is 411 g/mol. The maximum atomic E-state index is 13.3. The minimum atomic E-state index is -0.349. The molecule has 0 bridgehead atoms. The maximum absolute atomic E-state index is 13.3. The summed E-state index contributed by atoms with van der Waals surface area (Å²) in [6.45, 7) is 1.78. The fraction of sp³-hybridized carbons (Fsp3) is 0.130. The van der Waals surface area contributed by atoms with Crippen molar-refractivity contribution in [1.29, 1.82) is 0 Å². The van der Waals surface area contributed by atoms with E-state index in [-0.39, 0.29) is 12.4 Å². The molecular formula is C23H19ClFNOS. The Labute approximate surface area is 172 Å². The van der Waals surface area contributed by atoms with E-state index < -0.39 is 0 Å². The van der Waals surface area contributed by atoms with Crippen LogP contribution in [0.25, 0.3) is 10.8 Å². The second-order valence-corrected chi connectivity index (χ2v) is 7.91. The molecule has 0 amide bonds. The molecule has 0 aliphatic heterocycles. The average Bonchev–Trinajstić information content (AvgIpc) is 3.21. The molecular weight excluding hydrogens is 393 g/mol. The number of rotatable bonds is 7. The molecule has 0 unspecified atom stereocenters. The third kappa shape index (κ3) is 4.36. The van der Waals surface area contributed by atoms with E-state index in [1.165, 1.54) is 22.4 Å². The van der Waals surface area contributed by atoms with Crippen LogP contribution in [0.15, 0.2) is 72.1 Å². The van der Waals surface area contributed by atoms with Gasteiger partial charge in [-0.3, -0.25) is 0 Å². The van der Waals surface area contributed by atoms with Gasteiger partial charge in [0, 0.05) is 29.1 Å². The first kappa shape index (κ1) is 18.9. The number of fused-ring (bicyclic) bond motifs is 1. The summed E-state index contributed by atoms with van der Waals surface area (Å²) in [7, 11) is 0. The summed E-state index contributed by atoms with van der Waals surface area (Å²) in [5, 5.41) is 8.29. The van der Waals surface area contributed by atoms with Crippen LogP contribution in [0.1, 0.15) is 16.0 Å². The molecule has 142 valence electrons. The normalized spacial score (nSPS) is 11.1. The third-order valence-electron chi connectivity index (χ3n) is 4.58. The lowest BCUT2D eigenvalue weighted by Gasteiger charge is -2.15. The van der Waals surface area contributed by atoms with Crippen LogP contribution in [0.2, 0.25) is 5.02 Å². The topological polar surface area (TPSA) is 21.3 Å². The largest absolute Gasteiger partial charge is 0.488 e. The molecule has 0 atom stereocenters. The minimum absolute atomic E-state index is 0.287. The van der Waals surface area contributed by atoms with E-state index in [0.29, 0.717) is 11.6 Å². The van der Waals surface area contributed by atoms with Crippen molar-refractivity contribution < 1.29 is 9.13 Å². The summed E-state index contributed by atoms with van der Waals surface area (Å²) >= 11 is 7.88. The summed E-state index contributed by atoms with van der Waals surface area (Å²) in [4.78, 5) is 1.29. The molecule has 0 radical (unpaired) electrons. The van der Waals surface area contributed by atoms with Gasteiger partial charge in [-0.2, -0.15) is 0 Å². The number of hydrogen-bond donors (Lipinski definition) is 1. The Balaban J connectivity index is 1.57. The summed E-state index contributed by atoms with van der Waals surface area (Å²) < 4.78 is 19.4. The van der Waals surface area contributed by atoms with Gasteiger partial charge in [0.25, 0.3) is 0 Å². The number of nitrogens with one attached hydrogen (secondary N) is 1. The van der Waals surface area contributed by atoms with E-state index in [2.05, 4.69) is 41.0 Å². The Kier molecular flexibility index (Phi) is 5.91. The Morgan fingerprint density at radius 2 is 1.86 bits per heavy atom. The number of halogens is 2. The zero-order valence-corrected chi connectivity index (χ0v) is 16.7. The van der Waals surface area contributed by atoms with Gasteiger partial charge in [0.05, 0.1) is 5.02 Å². The summed E-state index contributed by atoms with van der Waals surface area (Å²) in [5.41, 5.74) is 1.86. The predicted octanol–water partition coefficient (Wildman–Crippen LogP) is 6.56. The van der Waals surface area contributed by atoms with Gasteiger partial charge in [0.1, 0.15) is 18.2 Å². The van der Waals surface area contributed by atoms with Gasteiger partial charge in [-0.25, -0.2) is 4.39 Å². The van der Waals surface area contributed by atoms with E-state index in [1.807, 2.05) is 18.2 Å². The second-order valence-electron chi connectivity index (χ2n) is 6.47. The lowest BCUT2D eigenvalue weighted by molar-refractivity contribution is 0.302. The highest BCUT2D eigenvalue weighted by atomic mass is 35.5. The van der Waals surface area contributed by atoms with Gasteiger partial charge < -0.3 is 10.1 Å². The van der Waals surface area contributed by atoms with Crippen LogP contribution in [-0.2, 0) is 19.7 Å². The lowest BCUT2D eigenvalue weighted by Crippen LogP contribution is -2.13. The fourth-order valence-electron chi connectivity index (χ4n) is 3.15. The van der Waals surface area contributed by atoms with Gasteiger partial charge >= 0.3 is 0 Å². The molecule has 5 heteroatoms. The zero-order chi connectivity index (χ0) is 19.3. The summed E-state index contributed by atoms with van der Waals surface area (Å²) in [5.74, 6) is 0.454. The van der Waals surface area contributed by atoms with Crippen LogP contribution in [0, 0.1) is 5.82 Å². The van der Waals surface area contributed by atoms with Crippen molar-refractivity contribution in [2.75, 3.05) is 0 Å². The quantitative estimate of drug-likeness (QED) is 0.371. The van der Waals surface area contributed by atoms with Crippen molar-refractivity contribution in [1.82, 2.24) is 5.32 Å². The van der Waals surface area contributed by atoms with E-state index in [1.54, 1.807) is 17.4 Å². The van der Waals surface area contributed by atoms with Crippen molar-refractivity contribution in [3.05, 3.63) is 99.0 Å². The first-order valence-corrected chi connectivity index (χ1v) is 10.3. The molecule has 0 aliphatic rings. The molecule has 0 aliphatic carbocycles. The molecule has 0 saturated carbocycles. The smallest absolute Gasteiger partial charge is 0.124 e. The first-order valence-electron chi connectivity index (χ1n) is 9.01. The minimum Gasteiger partial charge on any atom is -0.488 e. The zero-order valence-electron chi connectivity index (χ0n) is 15.1. The van der Waals surface area contributed by atoms with E-state index >= 15 is 0 Å². The van der Waals surface area contributed by atoms with Gasteiger partial charge in [-0.15, -0.1) is 11.3 Å². The van der Waals surface area contributed by atoms with Crippen LogP contribution in [-0.4, -0.2) is 0 Å². The van der Waals surface area contributed by atoms with Gasteiger partial charge in [-0.1, -0.05) is 54.1 Å². The Bertz CT molecular complexity index is 1080. The van der Waals surface area contributed by atoms with Gasteiger partial charge in [0.15, 0.2) is 0 Å². The maximum Gasteiger partial charge on any atom is 0.124 e. The molecule has 28 heavy (non-hydrogen) atoms. The molecule has 2 nitrogen and oxygen atoms in total. The van der Waals surface area contributed by atoms with Gasteiger partial charge in [0.2, 0.25) is 0 Å². The molecule has 4 aromatic rings. The van der Waals surface area contributed by atoms with Crippen LogP contribution < -0.4 is 10.1 Å². The fourth-order valence-corrected chi connectivity index (χ4v) is 4.05. The highest BCUT2D eigenvalue weighted by Gasteiger charge is 2.11. The van der Waals surface area contributed by atoms with Crippen molar-refractivity contribution in [3.63, 3.8) is 0 Å². The molecule has 1 heterocycles. The molecule has 4 rings (SSSR count). The number of thiophene rings is 1. The number of hydrogen-bond acceptors (Lipinski definition) is 3. The predicted molar refractivity (Wildman–Crippen MR) is 115 cm³/mol. The summed E-state index contributed by atoms with van der Waals surface area (Å²) in [6.07, 6.45) is 0. The summed E-state index contributed by atoms with van der Waals surface area (Å²) in [6, 6.07) is 20.9. The first-order chi connectivity index (χ1) is 13.7. The molecule has 1 N–H and O–H groups in total. The SMILES string of the molecule is Fc1ccc(COc2ccc3ccccc3c2CNCc2cccs2)c(Cl)c1. The van der Waals surface area contributed by atoms with Crippen LogP contribution in [0.4, 0.5) is 4.39 Å². The molecule has 3 aromatic carbocycles. The van der Waals surface area contributed by atoms with E-state index in [0.717, 1.165) is 28.8 Å².